The summed E-state index contributed by atoms with van der Waals surface area (Å²) < 4.78 is 0. The maximum atomic E-state index is 13.4. The van der Waals surface area contributed by atoms with Gasteiger partial charge in [0.25, 0.3) is 0 Å². The number of carbonyl (C=O) groups excluding carboxylic acids is 7. The molecule has 16 nitrogen and oxygen atoms in total. The smallest absolute Gasteiger partial charge is 0.243 e. The lowest BCUT2D eigenvalue weighted by Gasteiger charge is -2.23. The van der Waals surface area contributed by atoms with Crippen LogP contribution in [-0.4, -0.2) is 90.3 Å². The Bertz CT molecular complexity index is 1450. The van der Waals surface area contributed by atoms with Crippen LogP contribution in [0.3, 0.4) is 0 Å². The predicted molar refractivity (Wildman–Crippen MR) is 172 cm³/mol. The Balaban J connectivity index is 1.77. The lowest BCUT2D eigenvalue weighted by Crippen LogP contribution is -2.57. The highest BCUT2D eigenvalue weighted by Gasteiger charge is 2.30. The zero-order valence-electron chi connectivity index (χ0n) is 26.3. The molecule has 16 heteroatoms. The van der Waals surface area contributed by atoms with E-state index in [4.69, 9.17) is 11.5 Å². The number of amides is 7. The predicted octanol–water partition coefficient (Wildman–Crippen LogP) is -2.63. The summed E-state index contributed by atoms with van der Waals surface area (Å²) >= 11 is 0. The molecule has 1 aliphatic heterocycles. The van der Waals surface area contributed by atoms with Gasteiger partial charge in [0.05, 0.1) is 25.6 Å². The SMILES string of the molecule is NC(=O)CNC(=O)[C@H]1CC(=O)NCCCC[C@@H](NC(=O)[C@@H](N)Cc2ccc(O)cc2)C(=O)NCC(=O)N[C@@H](Cc2ccccc2)C(=O)N1. The van der Waals surface area contributed by atoms with E-state index < -0.39 is 85.0 Å². The van der Waals surface area contributed by atoms with E-state index in [2.05, 4.69) is 31.9 Å². The summed E-state index contributed by atoms with van der Waals surface area (Å²) in [4.78, 5) is 89.4. The van der Waals surface area contributed by atoms with Gasteiger partial charge in [-0.25, -0.2) is 0 Å². The number of phenols is 1. The van der Waals surface area contributed by atoms with Crippen molar-refractivity contribution in [2.24, 2.45) is 11.5 Å². The van der Waals surface area contributed by atoms with E-state index in [9.17, 15) is 38.7 Å². The molecule has 0 unspecified atom stereocenters. The molecular weight excluding hydrogens is 624 g/mol. The Kier molecular flexibility index (Phi) is 14.3. The summed E-state index contributed by atoms with van der Waals surface area (Å²) in [6.07, 6.45) is 0.578. The van der Waals surface area contributed by atoms with Crippen molar-refractivity contribution >= 4 is 41.4 Å². The maximum absolute atomic E-state index is 13.4. The molecule has 1 heterocycles. The third kappa shape index (κ3) is 12.7. The number of aromatic hydroxyl groups is 1. The number of rotatable bonds is 9. The van der Waals surface area contributed by atoms with E-state index in [-0.39, 0.29) is 31.6 Å². The lowest BCUT2D eigenvalue weighted by atomic mass is 10.0. The van der Waals surface area contributed by atoms with Crippen molar-refractivity contribution in [1.82, 2.24) is 31.9 Å². The number of hydrogen-bond acceptors (Lipinski definition) is 9. The fourth-order valence-corrected chi connectivity index (χ4v) is 4.86. The molecule has 48 heavy (non-hydrogen) atoms. The second-order valence-electron chi connectivity index (χ2n) is 11.4. The van der Waals surface area contributed by atoms with Crippen LogP contribution in [-0.2, 0) is 46.4 Å². The minimum Gasteiger partial charge on any atom is -0.508 e. The molecular formula is C32H42N8O8. The number of benzene rings is 2. The molecule has 2 aromatic carbocycles. The molecule has 0 aliphatic carbocycles. The molecule has 0 bridgehead atoms. The van der Waals surface area contributed by atoms with Gasteiger partial charge in [-0.1, -0.05) is 42.5 Å². The summed E-state index contributed by atoms with van der Waals surface area (Å²) in [5.74, 6) is -4.94. The summed E-state index contributed by atoms with van der Waals surface area (Å²) in [5.41, 5.74) is 12.6. The summed E-state index contributed by atoms with van der Waals surface area (Å²) in [6, 6.07) is 10.2. The van der Waals surface area contributed by atoms with Gasteiger partial charge in [-0.3, -0.25) is 33.6 Å². The number of primary amides is 1. The number of nitrogens with one attached hydrogen (secondary N) is 6. The number of phenolic OH excluding ortho intramolecular Hbond substituents is 1. The third-order valence-electron chi connectivity index (χ3n) is 7.42. The van der Waals surface area contributed by atoms with Gasteiger partial charge in [0, 0.05) is 13.0 Å². The van der Waals surface area contributed by atoms with Crippen molar-refractivity contribution in [3.63, 3.8) is 0 Å². The van der Waals surface area contributed by atoms with Gasteiger partial charge in [0.15, 0.2) is 0 Å². The zero-order chi connectivity index (χ0) is 35.1. The minimum atomic E-state index is -1.40. The standard InChI is InChI=1S/C32H42N8O8/c33-22(14-20-9-11-21(41)12-10-20)29(45)39-23-8-4-5-13-35-27(43)16-25(31(47)36-17-26(34)42)40-32(48)24(15-19-6-2-1-3-7-19)38-28(44)18-37-30(23)46/h1-3,6-7,9-12,22-25,41H,4-5,8,13-18,33H2,(H2,34,42)(H,35,43)(H,36,47)(H,37,46)(H,38,44)(H,39,45)(H,40,48)/t22-,23+,24-,25+/m0/s1. The van der Waals surface area contributed by atoms with Crippen molar-refractivity contribution in [2.45, 2.75) is 62.7 Å². The third-order valence-corrected chi connectivity index (χ3v) is 7.42. The van der Waals surface area contributed by atoms with Crippen molar-refractivity contribution in [1.29, 1.82) is 0 Å². The van der Waals surface area contributed by atoms with Gasteiger partial charge in [-0.05, 0) is 48.9 Å². The van der Waals surface area contributed by atoms with Crippen molar-refractivity contribution in [3.8, 4) is 5.75 Å². The summed E-state index contributed by atoms with van der Waals surface area (Å²) in [7, 11) is 0. The molecule has 1 fully saturated rings. The Morgan fingerprint density at radius 2 is 1.58 bits per heavy atom. The first-order valence-corrected chi connectivity index (χ1v) is 15.5. The average Bonchev–Trinajstić information content (AvgIpc) is 3.05. The molecule has 0 saturated carbocycles. The number of nitrogens with two attached hydrogens (primary N) is 2. The molecule has 3 rings (SSSR count). The minimum absolute atomic E-state index is 0.00574. The quantitative estimate of drug-likeness (QED) is 0.135. The van der Waals surface area contributed by atoms with Crippen LogP contribution < -0.4 is 43.4 Å². The molecule has 1 aliphatic rings. The molecule has 0 radical (unpaired) electrons. The number of hydrogen-bond donors (Lipinski definition) is 9. The van der Waals surface area contributed by atoms with E-state index >= 15 is 0 Å². The van der Waals surface area contributed by atoms with E-state index in [0.717, 1.165) is 0 Å². The van der Waals surface area contributed by atoms with Crippen LogP contribution in [0, 0.1) is 0 Å². The molecule has 7 amide bonds. The second-order valence-corrected chi connectivity index (χ2v) is 11.4. The largest absolute Gasteiger partial charge is 0.508 e. The van der Waals surface area contributed by atoms with Crippen LogP contribution in [0.2, 0.25) is 0 Å². The number of carbonyl (C=O) groups is 7. The maximum Gasteiger partial charge on any atom is 0.243 e. The fourth-order valence-electron chi connectivity index (χ4n) is 4.86. The Labute approximate surface area is 277 Å². The van der Waals surface area contributed by atoms with E-state index in [1.807, 2.05) is 0 Å². The van der Waals surface area contributed by atoms with Gasteiger partial charge in [0.2, 0.25) is 41.4 Å². The first-order valence-electron chi connectivity index (χ1n) is 15.5. The van der Waals surface area contributed by atoms with Gasteiger partial charge in [-0.2, -0.15) is 0 Å². The van der Waals surface area contributed by atoms with Crippen LogP contribution in [0.1, 0.15) is 36.8 Å². The lowest BCUT2D eigenvalue weighted by molar-refractivity contribution is -0.134. The highest BCUT2D eigenvalue weighted by Crippen LogP contribution is 2.11. The van der Waals surface area contributed by atoms with Crippen LogP contribution >= 0.6 is 0 Å². The van der Waals surface area contributed by atoms with Crippen LogP contribution in [0.5, 0.6) is 5.75 Å². The Morgan fingerprint density at radius 1 is 0.875 bits per heavy atom. The highest BCUT2D eigenvalue weighted by atomic mass is 16.3. The van der Waals surface area contributed by atoms with E-state index in [0.29, 0.717) is 24.0 Å². The monoisotopic (exact) mass is 666 g/mol. The normalized spacial score (nSPS) is 20.5. The van der Waals surface area contributed by atoms with Crippen LogP contribution in [0.15, 0.2) is 54.6 Å². The van der Waals surface area contributed by atoms with Crippen molar-refractivity contribution in [2.75, 3.05) is 19.6 Å². The van der Waals surface area contributed by atoms with Crippen molar-refractivity contribution < 1.29 is 38.7 Å². The molecule has 0 aromatic heterocycles. The zero-order valence-corrected chi connectivity index (χ0v) is 26.3. The van der Waals surface area contributed by atoms with E-state index in [1.165, 1.54) is 12.1 Å². The molecule has 258 valence electrons. The van der Waals surface area contributed by atoms with Gasteiger partial charge in [-0.15, -0.1) is 0 Å². The first kappa shape index (κ1) is 37.0. The first-order chi connectivity index (χ1) is 22.9. The molecule has 2 aromatic rings. The van der Waals surface area contributed by atoms with Gasteiger partial charge >= 0.3 is 0 Å². The Morgan fingerprint density at radius 3 is 2.27 bits per heavy atom. The molecule has 0 spiro atoms. The van der Waals surface area contributed by atoms with Gasteiger partial charge < -0.3 is 48.5 Å². The topological polar surface area (TPSA) is 264 Å². The summed E-state index contributed by atoms with van der Waals surface area (Å²) in [5, 5.41) is 24.6. The van der Waals surface area contributed by atoms with Crippen molar-refractivity contribution in [3.05, 3.63) is 65.7 Å². The summed E-state index contributed by atoms with van der Waals surface area (Å²) in [6.45, 7) is -0.899. The van der Waals surface area contributed by atoms with Crippen LogP contribution in [0.4, 0.5) is 0 Å². The second kappa shape index (κ2) is 18.6. The molecule has 4 atom stereocenters. The van der Waals surface area contributed by atoms with Crippen LogP contribution in [0.25, 0.3) is 0 Å². The van der Waals surface area contributed by atoms with Gasteiger partial charge in [0.1, 0.15) is 23.9 Å². The Hall–Kier alpha value is -5.51. The van der Waals surface area contributed by atoms with E-state index in [1.54, 1.807) is 42.5 Å². The highest BCUT2D eigenvalue weighted by molar-refractivity contribution is 5.96. The molecule has 11 N–H and O–H groups in total. The molecule has 1 saturated heterocycles. The average molecular weight is 667 g/mol. The fraction of sp³-hybridized carbons (Fsp3) is 0.406.